The van der Waals surface area contributed by atoms with Crippen LogP contribution in [0.25, 0.3) is 0 Å². The average molecular weight is 243 g/mol. The molecule has 0 saturated heterocycles. The van der Waals surface area contributed by atoms with Crippen molar-refractivity contribution in [1.29, 1.82) is 0 Å². The molecule has 1 rings (SSSR count). The number of anilines is 1. The molecule has 1 aromatic rings. The molecule has 0 aliphatic rings. The Hall–Kier alpha value is -1.54. The topological polar surface area (TPSA) is 12.0 Å². The Balaban J connectivity index is 2.35. The van der Waals surface area contributed by atoms with Gasteiger partial charge in [0, 0.05) is 12.2 Å². The zero-order chi connectivity index (χ0) is 12.6. The molecule has 0 heterocycles. The summed E-state index contributed by atoms with van der Waals surface area (Å²) in [6.07, 6.45) is 1.12. The van der Waals surface area contributed by atoms with Gasteiger partial charge in [0.25, 0.3) is 0 Å². The highest BCUT2D eigenvalue weighted by Crippen LogP contribution is 2.16. The molecule has 0 amide bonds. The van der Waals surface area contributed by atoms with Crippen LogP contribution in [0.3, 0.4) is 0 Å². The smallest absolute Gasteiger partial charge is 0.124 e. The normalized spacial score (nSPS) is 10.6. The highest BCUT2D eigenvalue weighted by atomic mass is 28.3. The van der Waals surface area contributed by atoms with Crippen LogP contribution in [0.1, 0.15) is 6.42 Å². The molecule has 1 aromatic carbocycles. The zero-order valence-corrected chi connectivity index (χ0v) is 11.4. The SMILES string of the molecule is C=C[Si](C=C)(C=C)CCCNc1ccccc1. The predicted octanol–water partition coefficient (Wildman–Crippen LogP) is 4.11. The van der Waals surface area contributed by atoms with Crippen LogP contribution in [0.15, 0.2) is 67.2 Å². The number of nitrogens with one attached hydrogen (secondary N) is 1. The fourth-order valence-corrected chi connectivity index (χ4v) is 3.64. The molecule has 2 heteroatoms. The van der Waals surface area contributed by atoms with E-state index in [0.717, 1.165) is 19.0 Å². The Morgan fingerprint density at radius 1 is 1.00 bits per heavy atom. The number of hydrogen-bond donors (Lipinski definition) is 1. The molecule has 0 fully saturated rings. The van der Waals surface area contributed by atoms with Crippen molar-refractivity contribution in [3.8, 4) is 0 Å². The molecule has 0 aliphatic carbocycles. The number of rotatable bonds is 8. The first kappa shape index (κ1) is 13.5. The third kappa shape index (κ3) is 4.08. The van der Waals surface area contributed by atoms with Crippen LogP contribution in [0.2, 0.25) is 6.04 Å². The Kier molecular flexibility index (Phi) is 5.50. The molecule has 0 spiro atoms. The van der Waals surface area contributed by atoms with Gasteiger partial charge < -0.3 is 5.32 Å². The largest absolute Gasteiger partial charge is 0.385 e. The van der Waals surface area contributed by atoms with E-state index in [2.05, 4.69) is 54.3 Å². The lowest BCUT2D eigenvalue weighted by Gasteiger charge is -2.19. The molecule has 0 saturated carbocycles. The minimum absolute atomic E-state index is 0.980. The van der Waals surface area contributed by atoms with Crippen molar-refractivity contribution in [2.24, 2.45) is 0 Å². The summed E-state index contributed by atoms with van der Waals surface area (Å²) in [5, 5.41) is 3.41. The molecule has 17 heavy (non-hydrogen) atoms. The van der Waals surface area contributed by atoms with Gasteiger partial charge in [0.1, 0.15) is 8.07 Å². The van der Waals surface area contributed by atoms with Gasteiger partial charge in [-0.2, -0.15) is 0 Å². The summed E-state index contributed by atoms with van der Waals surface area (Å²) in [7, 11) is -1.60. The quantitative estimate of drug-likeness (QED) is 0.535. The van der Waals surface area contributed by atoms with Crippen LogP contribution < -0.4 is 5.32 Å². The van der Waals surface area contributed by atoms with Gasteiger partial charge in [-0.15, -0.1) is 19.7 Å². The van der Waals surface area contributed by atoms with E-state index in [-0.39, 0.29) is 0 Å². The summed E-state index contributed by atoms with van der Waals surface area (Å²) in [5.74, 6) is 0. The van der Waals surface area contributed by atoms with Gasteiger partial charge in [-0.3, -0.25) is 0 Å². The first-order valence-corrected chi connectivity index (χ1v) is 8.40. The molecule has 0 atom stereocenters. The van der Waals surface area contributed by atoms with Gasteiger partial charge in [-0.05, 0) is 24.6 Å². The van der Waals surface area contributed by atoms with Gasteiger partial charge in [-0.1, -0.05) is 35.3 Å². The van der Waals surface area contributed by atoms with E-state index in [1.165, 1.54) is 5.69 Å². The maximum atomic E-state index is 3.91. The van der Waals surface area contributed by atoms with Gasteiger partial charge in [0.2, 0.25) is 0 Å². The van der Waals surface area contributed by atoms with E-state index in [1.807, 2.05) is 18.2 Å². The summed E-state index contributed by atoms with van der Waals surface area (Å²) in [6.45, 7) is 12.7. The molecular formula is C15H21NSi. The Morgan fingerprint density at radius 2 is 1.59 bits per heavy atom. The Morgan fingerprint density at radius 3 is 2.12 bits per heavy atom. The fraction of sp³-hybridized carbons (Fsp3) is 0.200. The molecule has 0 unspecified atom stereocenters. The second-order valence-corrected chi connectivity index (χ2v) is 8.07. The second-order valence-electron chi connectivity index (χ2n) is 4.12. The van der Waals surface area contributed by atoms with Crippen molar-refractivity contribution in [3.05, 3.63) is 67.2 Å². The monoisotopic (exact) mass is 243 g/mol. The number of hydrogen-bond acceptors (Lipinski definition) is 1. The van der Waals surface area contributed by atoms with Crippen LogP contribution in [0.5, 0.6) is 0 Å². The maximum Gasteiger partial charge on any atom is 0.124 e. The van der Waals surface area contributed by atoms with Crippen LogP contribution >= 0.6 is 0 Å². The lowest BCUT2D eigenvalue weighted by molar-refractivity contribution is 0.963. The lowest BCUT2D eigenvalue weighted by atomic mass is 10.3. The molecule has 0 aromatic heterocycles. The van der Waals surface area contributed by atoms with Crippen molar-refractivity contribution in [2.75, 3.05) is 11.9 Å². The summed E-state index contributed by atoms with van der Waals surface area (Å²) >= 11 is 0. The Bertz CT molecular complexity index is 348. The fourth-order valence-electron chi connectivity index (χ4n) is 1.74. The van der Waals surface area contributed by atoms with Crippen molar-refractivity contribution in [2.45, 2.75) is 12.5 Å². The Labute approximate surface area is 106 Å². The van der Waals surface area contributed by atoms with Crippen LogP contribution in [0.4, 0.5) is 5.69 Å². The highest BCUT2D eigenvalue weighted by Gasteiger charge is 2.20. The van der Waals surface area contributed by atoms with E-state index >= 15 is 0 Å². The number of para-hydroxylation sites is 1. The average Bonchev–Trinajstić information content (AvgIpc) is 2.41. The molecule has 1 N–H and O–H groups in total. The minimum Gasteiger partial charge on any atom is -0.385 e. The van der Waals surface area contributed by atoms with Gasteiger partial charge in [0.15, 0.2) is 0 Å². The molecule has 1 nitrogen and oxygen atoms in total. The molecular weight excluding hydrogens is 222 g/mol. The summed E-state index contributed by atoms with van der Waals surface area (Å²) < 4.78 is 0. The van der Waals surface area contributed by atoms with Gasteiger partial charge in [0.05, 0.1) is 0 Å². The van der Waals surface area contributed by atoms with Gasteiger partial charge in [-0.25, -0.2) is 0 Å². The minimum atomic E-state index is -1.60. The number of benzene rings is 1. The predicted molar refractivity (Wildman–Crippen MR) is 80.7 cm³/mol. The van der Waals surface area contributed by atoms with E-state index in [4.69, 9.17) is 0 Å². The van der Waals surface area contributed by atoms with E-state index in [1.54, 1.807) is 0 Å². The van der Waals surface area contributed by atoms with Crippen molar-refractivity contribution in [1.82, 2.24) is 0 Å². The van der Waals surface area contributed by atoms with Crippen LogP contribution in [0, 0.1) is 0 Å². The highest BCUT2D eigenvalue weighted by molar-refractivity contribution is 6.93. The van der Waals surface area contributed by atoms with Gasteiger partial charge >= 0.3 is 0 Å². The first-order valence-electron chi connectivity index (χ1n) is 5.96. The lowest BCUT2D eigenvalue weighted by Crippen LogP contribution is -2.27. The standard InChI is InChI=1S/C15H21NSi/c1-4-17(5-2,6-3)14-10-13-16-15-11-8-7-9-12-15/h4-9,11-12,16H,1-3,10,13-14H2. The third-order valence-electron chi connectivity index (χ3n) is 3.03. The summed E-state index contributed by atoms with van der Waals surface area (Å²) in [6, 6.07) is 11.4. The van der Waals surface area contributed by atoms with Crippen molar-refractivity contribution < 1.29 is 0 Å². The van der Waals surface area contributed by atoms with Crippen LogP contribution in [-0.4, -0.2) is 14.6 Å². The van der Waals surface area contributed by atoms with E-state index < -0.39 is 8.07 Å². The summed E-state index contributed by atoms with van der Waals surface area (Å²) in [4.78, 5) is 0. The molecule has 90 valence electrons. The molecule has 0 aliphatic heterocycles. The van der Waals surface area contributed by atoms with Crippen LogP contribution in [-0.2, 0) is 0 Å². The molecule has 0 bridgehead atoms. The van der Waals surface area contributed by atoms with E-state index in [0.29, 0.717) is 0 Å². The molecule has 0 radical (unpaired) electrons. The van der Waals surface area contributed by atoms with Crippen molar-refractivity contribution in [3.63, 3.8) is 0 Å². The second kappa shape index (κ2) is 6.92. The van der Waals surface area contributed by atoms with Crippen molar-refractivity contribution >= 4 is 13.8 Å². The van der Waals surface area contributed by atoms with E-state index in [9.17, 15) is 0 Å². The zero-order valence-electron chi connectivity index (χ0n) is 10.4. The maximum absolute atomic E-state index is 3.91. The summed E-state index contributed by atoms with van der Waals surface area (Å²) in [5.41, 5.74) is 7.33. The first-order chi connectivity index (χ1) is 8.26. The third-order valence-corrected chi connectivity index (χ3v) is 6.53.